The van der Waals surface area contributed by atoms with E-state index in [1.54, 1.807) is 24.3 Å². The summed E-state index contributed by atoms with van der Waals surface area (Å²) in [6.07, 6.45) is -1.26. The van der Waals surface area contributed by atoms with Crippen LogP contribution < -0.4 is 15.5 Å². The van der Waals surface area contributed by atoms with Crippen LogP contribution in [0.25, 0.3) is 0 Å². The molecule has 0 saturated heterocycles. The number of nitrogens with one attached hydrogen (secondary N) is 2. The Balaban J connectivity index is 1.54. The van der Waals surface area contributed by atoms with Crippen molar-refractivity contribution in [3.8, 4) is 0 Å². The van der Waals surface area contributed by atoms with Gasteiger partial charge in [0.1, 0.15) is 0 Å². The van der Waals surface area contributed by atoms with E-state index in [0.29, 0.717) is 28.2 Å². The van der Waals surface area contributed by atoms with Gasteiger partial charge in [0.15, 0.2) is 5.78 Å². The summed E-state index contributed by atoms with van der Waals surface area (Å²) < 4.78 is 0. The van der Waals surface area contributed by atoms with E-state index in [1.165, 1.54) is 4.90 Å². The molecule has 0 aromatic heterocycles. The van der Waals surface area contributed by atoms with Crippen LogP contribution in [0.15, 0.2) is 108 Å². The fourth-order valence-corrected chi connectivity index (χ4v) is 4.58. The second kappa shape index (κ2) is 11.1. The summed E-state index contributed by atoms with van der Waals surface area (Å²) in [5.74, 6) is -0.721. The summed E-state index contributed by atoms with van der Waals surface area (Å²) in [7, 11) is 0. The van der Waals surface area contributed by atoms with E-state index >= 15 is 0 Å². The predicted molar refractivity (Wildman–Crippen MR) is 154 cm³/mol. The molecule has 3 amide bonds. The maximum atomic E-state index is 14.0. The second-order valence-corrected chi connectivity index (χ2v) is 9.45. The number of urea groups is 1. The zero-order valence-corrected chi connectivity index (χ0v) is 21.7. The van der Waals surface area contributed by atoms with E-state index in [2.05, 4.69) is 10.6 Å². The van der Waals surface area contributed by atoms with Gasteiger partial charge in [0.25, 0.3) is 5.91 Å². The highest BCUT2D eigenvalue weighted by Crippen LogP contribution is 2.28. The summed E-state index contributed by atoms with van der Waals surface area (Å²) in [4.78, 5) is 46.5. The van der Waals surface area contributed by atoms with Gasteiger partial charge in [0, 0.05) is 22.4 Å². The molecule has 5 rings (SSSR count). The molecule has 1 unspecified atom stereocenters. The molecule has 194 valence electrons. The number of aryl methyl sites for hydroxylation is 2. The summed E-state index contributed by atoms with van der Waals surface area (Å²) in [5.41, 5.74) is 5.61. The van der Waals surface area contributed by atoms with E-state index in [4.69, 9.17) is 4.99 Å². The van der Waals surface area contributed by atoms with Gasteiger partial charge in [0.05, 0.1) is 17.9 Å². The normalized spacial score (nSPS) is 14.6. The lowest BCUT2D eigenvalue weighted by molar-refractivity contribution is -0.120. The minimum Gasteiger partial charge on any atom is -0.308 e. The van der Waals surface area contributed by atoms with Crippen molar-refractivity contribution in [2.75, 3.05) is 16.8 Å². The number of nitrogens with zero attached hydrogens (tertiary/aromatic N) is 2. The topological polar surface area (TPSA) is 90.9 Å². The van der Waals surface area contributed by atoms with E-state index in [1.807, 2.05) is 92.7 Å². The average molecular weight is 517 g/mol. The molecule has 7 nitrogen and oxygen atoms in total. The molecule has 1 heterocycles. The van der Waals surface area contributed by atoms with Gasteiger partial charge in [-0.15, -0.1) is 0 Å². The van der Waals surface area contributed by atoms with Crippen molar-refractivity contribution in [1.82, 2.24) is 5.32 Å². The van der Waals surface area contributed by atoms with E-state index in [-0.39, 0.29) is 12.3 Å². The van der Waals surface area contributed by atoms with E-state index < -0.39 is 18.1 Å². The quantitative estimate of drug-likeness (QED) is 0.331. The number of aliphatic imine (C=N–C) groups is 1. The van der Waals surface area contributed by atoms with Crippen LogP contribution in [-0.2, 0) is 4.79 Å². The van der Waals surface area contributed by atoms with Crippen molar-refractivity contribution in [3.05, 3.63) is 131 Å². The van der Waals surface area contributed by atoms with Gasteiger partial charge in [-0.1, -0.05) is 84.4 Å². The number of carbonyl (C=O) groups is 3. The van der Waals surface area contributed by atoms with Crippen molar-refractivity contribution in [2.24, 2.45) is 4.99 Å². The van der Waals surface area contributed by atoms with Crippen LogP contribution in [-0.4, -0.2) is 36.1 Å². The SMILES string of the molecule is Cc1cccc(NC(=O)NC2N=C(c3ccccc3)c3ccccc3N(CC(=O)c3cccc(C)c3)C2=O)c1. The molecule has 0 bridgehead atoms. The molecule has 4 aromatic carbocycles. The molecule has 1 aliphatic rings. The average Bonchev–Trinajstić information content (AvgIpc) is 3.04. The van der Waals surface area contributed by atoms with Gasteiger partial charge in [-0.2, -0.15) is 0 Å². The molecule has 2 N–H and O–H groups in total. The minimum absolute atomic E-state index is 0.200. The Labute approximate surface area is 227 Å². The molecule has 0 radical (unpaired) electrons. The molecule has 0 saturated carbocycles. The number of carbonyl (C=O) groups excluding carboxylic acids is 3. The number of hydrogen-bond donors (Lipinski definition) is 2. The van der Waals surface area contributed by atoms with Gasteiger partial charge >= 0.3 is 6.03 Å². The number of hydrogen-bond acceptors (Lipinski definition) is 4. The van der Waals surface area contributed by atoms with Crippen molar-refractivity contribution in [3.63, 3.8) is 0 Å². The summed E-state index contributed by atoms with van der Waals surface area (Å²) in [6.45, 7) is 3.64. The van der Waals surface area contributed by atoms with Crippen molar-refractivity contribution >= 4 is 34.8 Å². The Morgan fingerprint density at radius 3 is 2.26 bits per heavy atom. The molecular formula is C32H28N4O3. The fraction of sp³-hybridized carbons (Fsp3) is 0.125. The van der Waals surface area contributed by atoms with Crippen LogP contribution in [0.5, 0.6) is 0 Å². The van der Waals surface area contributed by atoms with Crippen LogP contribution in [0.4, 0.5) is 16.2 Å². The molecule has 1 aliphatic heterocycles. The maximum absolute atomic E-state index is 14.0. The summed E-state index contributed by atoms with van der Waals surface area (Å²) >= 11 is 0. The second-order valence-electron chi connectivity index (χ2n) is 9.45. The standard InChI is InChI=1S/C32H28N4O3/c1-21-10-8-14-24(18-21)28(37)20-36-27-17-7-6-16-26(27)29(23-12-4-3-5-13-23)34-30(31(36)38)35-32(39)33-25-15-9-11-22(2)19-25/h3-19,30H,20H2,1-2H3,(H2,33,35,39). The van der Waals surface area contributed by atoms with Crippen LogP contribution in [0.1, 0.15) is 32.6 Å². The molecule has 7 heteroatoms. The number of Topliss-reactive ketones (excluding diaryl/α,β-unsaturated/α-hetero) is 1. The summed E-state index contributed by atoms with van der Waals surface area (Å²) in [6, 6.07) is 30.9. The van der Waals surface area contributed by atoms with Crippen molar-refractivity contribution < 1.29 is 14.4 Å². The molecular weight excluding hydrogens is 488 g/mol. The molecule has 4 aromatic rings. The lowest BCUT2D eigenvalue weighted by atomic mass is 10.00. The highest BCUT2D eigenvalue weighted by Gasteiger charge is 2.34. The molecule has 0 fully saturated rings. The Bertz CT molecular complexity index is 1580. The third-order valence-electron chi connectivity index (χ3n) is 6.44. The lowest BCUT2D eigenvalue weighted by Gasteiger charge is -2.25. The Morgan fingerprint density at radius 1 is 0.821 bits per heavy atom. The van der Waals surface area contributed by atoms with Crippen molar-refractivity contribution in [1.29, 1.82) is 0 Å². The van der Waals surface area contributed by atoms with E-state index in [0.717, 1.165) is 16.7 Å². The highest BCUT2D eigenvalue weighted by molar-refractivity contribution is 6.21. The Hall–Kier alpha value is -5.04. The first-order valence-electron chi connectivity index (χ1n) is 12.7. The number of para-hydroxylation sites is 1. The third kappa shape index (κ3) is 5.78. The highest BCUT2D eigenvalue weighted by atomic mass is 16.2. The number of amides is 3. The smallest absolute Gasteiger partial charge is 0.308 e. The molecule has 1 atom stereocenters. The zero-order chi connectivity index (χ0) is 27.4. The number of benzene rings is 4. The largest absolute Gasteiger partial charge is 0.321 e. The van der Waals surface area contributed by atoms with Gasteiger partial charge in [-0.05, 0) is 43.7 Å². The summed E-state index contributed by atoms with van der Waals surface area (Å²) in [5, 5.41) is 5.50. The van der Waals surface area contributed by atoms with E-state index in [9.17, 15) is 14.4 Å². The van der Waals surface area contributed by atoms with Gasteiger partial charge < -0.3 is 15.5 Å². The maximum Gasteiger partial charge on any atom is 0.321 e. The monoisotopic (exact) mass is 516 g/mol. The van der Waals surface area contributed by atoms with Crippen LogP contribution in [0.3, 0.4) is 0 Å². The number of rotatable bonds is 6. The molecule has 39 heavy (non-hydrogen) atoms. The van der Waals surface area contributed by atoms with Crippen molar-refractivity contribution in [2.45, 2.75) is 20.0 Å². The first-order valence-corrected chi connectivity index (χ1v) is 12.7. The zero-order valence-electron chi connectivity index (χ0n) is 21.7. The first-order chi connectivity index (χ1) is 18.9. The Kier molecular flexibility index (Phi) is 7.32. The van der Waals surface area contributed by atoms with Crippen LogP contribution in [0, 0.1) is 13.8 Å². The van der Waals surface area contributed by atoms with Crippen LogP contribution >= 0.6 is 0 Å². The molecule has 0 aliphatic carbocycles. The van der Waals surface area contributed by atoms with Gasteiger partial charge in [0.2, 0.25) is 6.17 Å². The number of fused-ring (bicyclic) bond motifs is 1. The van der Waals surface area contributed by atoms with Gasteiger partial charge in [-0.3, -0.25) is 9.59 Å². The number of ketones is 1. The third-order valence-corrected chi connectivity index (χ3v) is 6.44. The fourth-order valence-electron chi connectivity index (χ4n) is 4.58. The number of benzodiazepines with no additional fused rings is 1. The Morgan fingerprint density at radius 2 is 1.51 bits per heavy atom. The number of anilines is 2. The lowest BCUT2D eigenvalue weighted by Crippen LogP contribution is -2.49. The predicted octanol–water partition coefficient (Wildman–Crippen LogP) is 5.52. The minimum atomic E-state index is -1.26. The van der Waals surface area contributed by atoms with Crippen LogP contribution in [0.2, 0.25) is 0 Å². The van der Waals surface area contributed by atoms with Gasteiger partial charge in [-0.25, -0.2) is 9.79 Å². The first kappa shape index (κ1) is 25.6. The molecule has 0 spiro atoms.